The van der Waals surface area contributed by atoms with Crippen LogP contribution in [0.2, 0.25) is 10.0 Å². The Morgan fingerprint density at radius 3 is 2.27 bits per heavy atom. The van der Waals surface area contributed by atoms with Crippen molar-refractivity contribution in [3.05, 3.63) is 99.5 Å². The first kappa shape index (κ1) is 30.9. The van der Waals surface area contributed by atoms with Crippen molar-refractivity contribution in [3.8, 4) is 0 Å². The lowest BCUT2D eigenvalue weighted by Gasteiger charge is -2.34. The van der Waals surface area contributed by atoms with E-state index < -0.39 is 28.5 Å². The van der Waals surface area contributed by atoms with Crippen LogP contribution < -0.4 is 9.62 Å². The van der Waals surface area contributed by atoms with Crippen molar-refractivity contribution in [2.24, 2.45) is 0 Å². The molecule has 10 heteroatoms. The number of carbonyl (C=O) groups excluding carboxylic acids is 2. The van der Waals surface area contributed by atoms with Gasteiger partial charge in [0.1, 0.15) is 12.6 Å². The molecule has 41 heavy (non-hydrogen) atoms. The van der Waals surface area contributed by atoms with Crippen LogP contribution in [0, 0.1) is 6.92 Å². The Hall–Kier alpha value is -3.07. The molecule has 4 rings (SSSR count). The van der Waals surface area contributed by atoms with E-state index >= 15 is 0 Å². The fourth-order valence-corrected chi connectivity index (χ4v) is 6.51. The largest absolute Gasteiger partial charge is 0.352 e. The van der Waals surface area contributed by atoms with Crippen molar-refractivity contribution in [1.29, 1.82) is 0 Å². The maximum Gasteiger partial charge on any atom is 0.244 e. The molecule has 0 heterocycles. The second-order valence-electron chi connectivity index (χ2n) is 10.5. The number of hydrogen-bond donors (Lipinski definition) is 1. The van der Waals surface area contributed by atoms with E-state index in [1.165, 1.54) is 11.0 Å². The first-order valence-corrected chi connectivity index (χ1v) is 16.2. The standard InChI is InChI=1S/C31H35Cl2N3O4S/c1-22-10-8-13-24(18-22)20-35(29(37)21-36(41(2,39)40)27-17-9-16-26(32)30(27)33)28(19-23-11-4-3-5-12-23)31(38)34-25-14-6-7-15-25/h3-5,8-13,16-18,25,28H,6-7,14-15,19-21H2,1-2H3,(H,34,38)/t28-/m0/s1. The van der Waals surface area contributed by atoms with Gasteiger partial charge >= 0.3 is 0 Å². The van der Waals surface area contributed by atoms with Crippen molar-refractivity contribution in [2.75, 3.05) is 17.1 Å². The van der Waals surface area contributed by atoms with E-state index in [1.54, 1.807) is 12.1 Å². The minimum atomic E-state index is -3.95. The van der Waals surface area contributed by atoms with Gasteiger partial charge in [-0.15, -0.1) is 0 Å². The third kappa shape index (κ3) is 8.24. The highest BCUT2D eigenvalue weighted by atomic mass is 35.5. The lowest BCUT2D eigenvalue weighted by molar-refractivity contribution is -0.140. The molecule has 1 N–H and O–H groups in total. The average molecular weight is 617 g/mol. The Labute approximate surface area is 252 Å². The second-order valence-corrected chi connectivity index (χ2v) is 13.2. The molecule has 3 aromatic rings. The normalized spacial score (nSPS) is 14.4. The molecule has 1 aliphatic carbocycles. The molecule has 2 amide bonds. The molecular formula is C31H35Cl2N3O4S. The highest BCUT2D eigenvalue weighted by Gasteiger charge is 2.34. The molecule has 1 fully saturated rings. The summed E-state index contributed by atoms with van der Waals surface area (Å²) in [4.78, 5) is 29.6. The van der Waals surface area contributed by atoms with Gasteiger partial charge in [0, 0.05) is 19.0 Å². The Bertz CT molecular complexity index is 1480. The summed E-state index contributed by atoms with van der Waals surface area (Å²) in [6, 6.07) is 21.0. The third-order valence-electron chi connectivity index (χ3n) is 7.29. The molecule has 1 atom stereocenters. The summed E-state index contributed by atoms with van der Waals surface area (Å²) in [6.45, 7) is 1.53. The summed E-state index contributed by atoms with van der Waals surface area (Å²) >= 11 is 12.6. The summed E-state index contributed by atoms with van der Waals surface area (Å²) in [7, 11) is -3.95. The summed E-state index contributed by atoms with van der Waals surface area (Å²) in [5.74, 6) is -0.788. The van der Waals surface area contributed by atoms with Crippen LogP contribution in [-0.2, 0) is 32.6 Å². The Kier molecular flexibility index (Phi) is 10.3. The van der Waals surface area contributed by atoms with E-state index in [0.29, 0.717) is 0 Å². The van der Waals surface area contributed by atoms with Crippen LogP contribution in [0.25, 0.3) is 0 Å². The van der Waals surface area contributed by atoms with E-state index in [2.05, 4.69) is 5.32 Å². The van der Waals surface area contributed by atoms with Crippen LogP contribution in [0.5, 0.6) is 0 Å². The van der Waals surface area contributed by atoms with Gasteiger partial charge in [0.25, 0.3) is 0 Å². The van der Waals surface area contributed by atoms with Crippen molar-refractivity contribution in [1.82, 2.24) is 10.2 Å². The van der Waals surface area contributed by atoms with Gasteiger partial charge in [0.2, 0.25) is 21.8 Å². The predicted octanol–water partition coefficient (Wildman–Crippen LogP) is 5.77. The number of nitrogens with one attached hydrogen (secondary N) is 1. The van der Waals surface area contributed by atoms with Gasteiger partial charge in [0.05, 0.1) is 22.0 Å². The number of carbonyl (C=O) groups is 2. The van der Waals surface area contributed by atoms with Crippen molar-refractivity contribution in [2.45, 2.75) is 57.7 Å². The molecule has 0 bridgehead atoms. The fraction of sp³-hybridized carbons (Fsp3) is 0.355. The van der Waals surface area contributed by atoms with Gasteiger partial charge in [-0.3, -0.25) is 13.9 Å². The monoisotopic (exact) mass is 615 g/mol. The molecule has 7 nitrogen and oxygen atoms in total. The van der Waals surface area contributed by atoms with Crippen molar-refractivity contribution >= 4 is 50.7 Å². The quantitative estimate of drug-likeness (QED) is 0.297. The van der Waals surface area contributed by atoms with Gasteiger partial charge in [-0.2, -0.15) is 0 Å². The maximum atomic E-state index is 14.2. The van der Waals surface area contributed by atoms with E-state index in [9.17, 15) is 18.0 Å². The summed E-state index contributed by atoms with van der Waals surface area (Å²) < 4.78 is 26.9. The van der Waals surface area contributed by atoms with Crippen LogP contribution >= 0.6 is 23.2 Å². The number of hydrogen-bond acceptors (Lipinski definition) is 4. The Morgan fingerprint density at radius 2 is 1.61 bits per heavy atom. The second kappa shape index (κ2) is 13.7. The van der Waals surface area contributed by atoms with E-state index in [-0.39, 0.29) is 40.6 Å². The molecule has 3 aromatic carbocycles. The van der Waals surface area contributed by atoms with Gasteiger partial charge in [-0.1, -0.05) is 102 Å². The number of sulfonamides is 1. The lowest BCUT2D eigenvalue weighted by atomic mass is 10.0. The number of benzene rings is 3. The van der Waals surface area contributed by atoms with Crippen molar-refractivity contribution in [3.63, 3.8) is 0 Å². The van der Waals surface area contributed by atoms with Gasteiger partial charge in [-0.25, -0.2) is 8.42 Å². The number of anilines is 1. The summed E-state index contributed by atoms with van der Waals surface area (Å²) in [5, 5.41) is 3.35. The Morgan fingerprint density at radius 1 is 0.951 bits per heavy atom. The summed E-state index contributed by atoms with van der Waals surface area (Å²) in [6.07, 6.45) is 5.16. The first-order valence-electron chi connectivity index (χ1n) is 13.6. The van der Waals surface area contributed by atoms with Crippen LogP contribution in [0.1, 0.15) is 42.4 Å². The molecule has 0 aliphatic heterocycles. The van der Waals surface area contributed by atoms with Crippen LogP contribution in [0.4, 0.5) is 5.69 Å². The summed E-state index contributed by atoms with van der Waals surface area (Å²) in [5.41, 5.74) is 2.82. The number of nitrogens with zero attached hydrogens (tertiary/aromatic N) is 2. The van der Waals surface area contributed by atoms with Crippen LogP contribution in [-0.4, -0.2) is 50.0 Å². The highest BCUT2D eigenvalue weighted by Crippen LogP contribution is 2.34. The fourth-order valence-electron chi connectivity index (χ4n) is 5.21. The van der Waals surface area contributed by atoms with Crippen LogP contribution in [0.3, 0.4) is 0 Å². The molecule has 0 saturated heterocycles. The molecule has 1 aliphatic rings. The minimum Gasteiger partial charge on any atom is -0.352 e. The number of amides is 2. The highest BCUT2D eigenvalue weighted by molar-refractivity contribution is 7.92. The van der Waals surface area contributed by atoms with E-state index in [1.807, 2.05) is 61.5 Å². The molecule has 218 valence electrons. The molecule has 0 spiro atoms. The maximum absolute atomic E-state index is 14.2. The van der Waals surface area contributed by atoms with Gasteiger partial charge in [0.15, 0.2) is 0 Å². The van der Waals surface area contributed by atoms with Gasteiger partial charge in [-0.05, 0) is 43.0 Å². The third-order valence-corrected chi connectivity index (χ3v) is 9.22. The number of aryl methyl sites for hydroxylation is 1. The predicted molar refractivity (Wildman–Crippen MR) is 165 cm³/mol. The molecule has 0 unspecified atom stereocenters. The molecule has 0 aromatic heterocycles. The smallest absolute Gasteiger partial charge is 0.244 e. The van der Waals surface area contributed by atoms with Gasteiger partial charge < -0.3 is 10.2 Å². The first-order chi connectivity index (χ1) is 19.5. The molecule has 1 saturated carbocycles. The van der Waals surface area contributed by atoms with Crippen molar-refractivity contribution < 1.29 is 18.0 Å². The topological polar surface area (TPSA) is 86.8 Å². The minimum absolute atomic E-state index is 0.0254. The lowest BCUT2D eigenvalue weighted by Crippen LogP contribution is -2.54. The number of rotatable bonds is 11. The van der Waals surface area contributed by atoms with Crippen LogP contribution in [0.15, 0.2) is 72.8 Å². The van der Waals surface area contributed by atoms with E-state index in [4.69, 9.17) is 23.2 Å². The SMILES string of the molecule is Cc1cccc(CN(C(=O)CN(c2cccc(Cl)c2Cl)S(C)(=O)=O)[C@@H](Cc2ccccc2)C(=O)NC2CCCC2)c1. The molecular weight excluding hydrogens is 581 g/mol. The Balaban J connectivity index is 1.74. The van der Waals surface area contributed by atoms with E-state index in [0.717, 1.165) is 52.9 Å². The average Bonchev–Trinajstić information content (AvgIpc) is 3.44. The zero-order valence-electron chi connectivity index (χ0n) is 23.2. The number of halogens is 2. The zero-order chi connectivity index (χ0) is 29.6. The molecule has 0 radical (unpaired) electrons. The zero-order valence-corrected chi connectivity index (χ0v) is 25.6.